The number of aromatic amines is 1. The molecule has 0 bridgehead atoms. The molecule has 0 fully saturated rings. The van der Waals surface area contributed by atoms with Gasteiger partial charge in [0.05, 0.1) is 17.3 Å². The number of aromatic nitrogens is 3. The number of hydrogen-bond acceptors (Lipinski definition) is 9. The minimum Gasteiger partial charge on any atom is -0.464 e. The van der Waals surface area contributed by atoms with E-state index >= 15 is 0 Å². The van der Waals surface area contributed by atoms with Crippen molar-refractivity contribution in [3.63, 3.8) is 0 Å². The quantitative estimate of drug-likeness (QED) is 0.474. The monoisotopic (exact) mass is 416 g/mol. The fourth-order valence-electron chi connectivity index (χ4n) is 2.83. The first-order valence-electron chi connectivity index (χ1n) is 8.40. The van der Waals surface area contributed by atoms with Gasteiger partial charge < -0.3 is 19.5 Å². The molecule has 4 aromatic heterocycles. The lowest BCUT2D eigenvalue weighted by Crippen LogP contribution is -2.17. The Kier molecular flexibility index (Phi) is 4.73. The second-order valence-corrected chi connectivity index (χ2v) is 7.66. The second-order valence-electron chi connectivity index (χ2n) is 6.03. The van der Waals surface area contributed by atoms with E-state index in [0.29, 0.717) is 37.8 Å². The van der Waals surface area contributed by atoms with Crippen LogP contribution in [0.25, 0.3) is 21.5 Å². The summed E-state index contributed by atoms with van der Waals surface area (Å²) in [6.07, 6.45) is 0.819. The van der Waals surface area contributed by atoms with Gasteiger partial charge in [0.15, 0.2) is 11.9 Å². The molecule has 10 heteroatoms. The highest BCUT2D eigenvalue weighted by atomic mass is 32.1. The third-order valence-corrected chi connectivity index (χ3v) is 6.04. The number of nitrogens with one attached hydrogen (secondary N) is 2. The smallest absolute Gasteiger partial charge is 0.343 e. The zero-order valence-electron chi connectivity index (χ0n) is 15.2. The molecule has 0 amide bonds. The van der Waals surface area contributed by atoms with Crippen LogP contribution in [0.2, 0.25) is 0 Å². The van der Waals surface area contributed by atoms with Gasteiger partial charge in [0.1, 0.15) is 21.2 Å². The lowest BCUT2D eigenvalue weighted by Gasteiger charge is -2.13. The van der Waals surface area contributed by atoms with E-state index in [1.54, 1.807) is 39.3 Å². The summed E-state index contributed by atoms with van der Waals surface area (Å²) in [4.78, 5) is 33.0. The van der Waals surface area contributed by atoms with Crippen molar-refractivity contribution < 1.29 is 13.9 Å². The van der Waals surface area contributed by atoms with Gasteiger partial charge in [-0.2, -0.15) is 4.37 Å². The summed E-state index contributed by atoms with van der Waals surface area (Å²) in [5.74, 6) is 0.365. The van der Waals surface area contributed by atoms with Crippen LogP contribution in [0.15, 0.2) is 33.0 Å². The zero-order chi connectivity index (χ0) is 19.8. The summed E-state index contributed by atoms with van der Waals surface area (Å²) >= 11 is 2.52. The molecular formula is C18H16N4O4S2. The van der Waals surface area contributed by atoms with E-state index in [2.05, 4.69) is 19.7 Å². The van der Waals surface area contributed by atoms with E-state index in [1.807, 2.05) is 5.38 Å². The molecular weight excluding hydrogens is 400 g/mol. The Bertz CT molecular complexity index is 1210. The molecule has 0 radical (unpaired) electrons. The number of nitrogens with zero attached hydrogens (tertiary/aromatic N) is 2. The molecule has 4 rings (SSSR count). The maximum Gasteiger partial charge on any atom is 0.343 e. The van der Waals surface area contributed by atoms with Crippen molar-refractivity contribution >= 4 is 44.1 Å². The minimum atomic E-state index is -0.734. The second kappa shape index (κ2) is 7.21. The SMILES string of the molecule is CNc1snc(C)c1C(=O)OC(C)c1nc2scc(-c3ccco3)c2c(=O)[nH]1. The Morgan fingerprint density at radius 1 is 1.43 bits per heavy atom. The molecule has 28 heavy (non-hydrogen) atoms. The van der Waals surface area contributed by atoms with E-state index < -0.39 is 12.1 Å². The van der Waals surface area contributed by atoms with Crippen molar-refractivity contribution in [3.8, 4) is 11.3 Å². The van der Waals surface area contributed by atoms with Crippen molar-refractivity contribution in [3.05, 3.63) is 51.2 Å². The lowest BCUT2D eigenvalue weighted by molar-refractivity contribution is 0.0320. The zero-order valence-corrected chi connectivity index (χ0v) is 16.9. The van der Waals surface area contributed by atoms with Crippen molar-refractivity contribution in [1.29, 1.82) is 0 Å². The third-order valence-electron chi connectivity index (χ3n) is 4.21. The first-order valence-corrected chi connectivity index (χ1v) is 10.0. The van der Waals surface area contributed by atoms with E-state index in [1.165, 1.54) is 22.9 Å². The molecule has 2 N–H and O–H groups in total. The summed E-state index contributed by atoms with van der Waals surface area (Å²) in [6, 6.07) is 3.55. The van der Waals surface area contributed by atoms with Crippen LogP contribution >= 0.6 is 22.9 Å². The van der Waals surface area contributed by atoms with Gasteiger partial charge in [-0.05, 0) is 37.5 Å². The predicted molar refractivity (Wildman–Crippen MR) is 108 cm³/mol. The fraction of sp³-hybridized carbons (Fsp3) is 0.222. The Morgan fingerprint density at radius 3 is 2.96 bits per heavy atom. The van der Waals surface area contributed by atoms with E-state index in [9.17, 15) is 9.59 Å². The molecule has 1 atom stereocenters. The lowest BCUT2D eigenvalue weighted by atomic mass is 10.2. The molecule has 4 aromatic rings. The molecule has 0 aromatic carbocycles. The van der Waals surface area contributed by atoms with Gasteiger partial charge in [0, 0.05) is 18.0 Å². The van der Waals surface area contributed by atoms with Crippen LogP contribution in [0.4, 0.5) is 5.00 Å². The van der Waals surface area contributed by atoms with Crippen molar-refractivity contribution in [2.45, 2.75) is 20.0 Å². The van der Waals surface area contributed by atoms with Gasteiger partial charge in [0.25, 0.3) is 5.56 Å². The largest absolute Gasteiger partial charge is 0.464 e. The molecule has 0 aliphatic rings. The summed E-state index contributed by atoms with van der Waals surface area (Å²) in [5, 5.41) is 5.85. The maximum absolute atomic E-state index is 12.7. The van der Waals surface area contributed by atoms with Crippen LogP contribution in [0.5, 0.6) is 0 Å². The molecule has 144 valence electrons. The van der Waals surface area contributed by atoms with Crippen LogP contribution in [0.1, 0.15) is 34.9 Å². The van der Waals surface area contributed by atoms with Gasteiger partial charge in [-0.1, -0.05) is 0 Å². The van der Waals surface area contributed by atoms with Gasteiger partial charge >= 0.3 is 5.97 Å². The number of esters is 1. The van der Waals surface area contributed by atoms with Crippen LogP contribution < -0.4 is 10.9 Å². The van der Waals surface area contributed by atoms with Gasteiger partial charge in [-0.3, -0.25) is 4.79 Å². The highest BCUT2D eigenvalue weighted by Crippen LogP contribution is 2.32. The van der Waals surface area contributed by atoms with E-state index in [0.717, 1.165) is 0 Å². The summed E-state index contributed by atoms with van der Waals surface area (Å²) in [6.45, 7) is 3.41. The van der Waals surface area contributed by atoms with E-state index in [4.69, 9.17) is 9.15 Å². The number of aryl methyl sites for hydroxylation is 1. The number of furan rings is 1. The topological polar surface area (TPSA) is 110 Å². The molecule has 4 heterocycles. The van der Waals surface area contributed by atoms with Crippen LogP contribution in [0, 0.1) is 6.92 Å². The van der Waals surface area contributed by atoms with Crippen molar-refractivity contribution in [2.24, 2.45) is 0 Å². The minimum absolute atomic E-state index is 0.283. The third kappa shape index (κ3) is 3.10. The van der Waals surface area contributed by atoms with Crippen molar-refractivity contribution in [2.75, 3.05) is 12.4 Å². The molecule has 0 aliphatic heterocycles. The highest BCUT2D eigenvalue weighted by Gasteiger charge is 2.24. The molecule has 0 spiro atoms. The summed E-state index contributed by atoms with van der Waals surface area (Å²) in [7, 11) is 1.72. The van der Waals surface area contributed by atoms with Crippen molar-refractivity contribution in [1.82, 2.24) is 14.3 Å². The first-order chi connectivity index (χ1) is 13.5. The number of H-pyrrole nitrogens is 1. The molecule has 0 saturated heterocycles. The maximum atomic E-state index is 12.7. The Labute approximate surface area is 167 Å². The number of carbonyl (C=O) groups is 1. The van der Waals surface area contributed by atoms with Crippen LogP contribution in [-0.4, -0.2) is 27.4 Å². The Morgan fingerprint density at radius 2 is 2.25 bits per heavy atom. The Balaban J connectivity index is 1.65. The average molecular weight is 416 g/mol. The summed E-state index contributed by atoms with van der Waals surface area (Å²) < 4.78 is 15.1. The number of rotatable bonds is 5. The number of thiophene rings is 1. The summed E-state index contributed by atoms with van der Waals surface area (Å²) in [5.41, 5.74) is 1.36. The predicted octanol–water partition coefficient (Wildman–Crippen LogP) is 3.97. The number of hydrogen-bond donors (Lipinski definition) is 2. The standard InChI is InChI=1S/C18H16N4O4S2/c1-8-12(16(19-3)28-22-8)18(24)26-9(2)14-20-15(23)13-10(7-27-17(13)21-14)11-5-4-6-25-11/h4-7,9,19H,1-3H3,(H,20,21,23). The molecule has 0 aliphatic carbocycles. The van der Waals surface area contributed by atoms with Gasteiger partial charge in [0.2, 0.25) is 0 Å². The molecule has 1 unspecified atom stereocenters. The number of ether oxygens (including phenoxy) is 1. The molecule has 8 nitrogen and oxygen atoms in total. The number of carbonyl (C=O) groups excluding carboxylic acids is 1. The number of anilines is 1. The van der Waals surface area contributed by atoms with Gasteiger partial charge in [-0.15, -0.1) is 11.3 Å². The normalized spacial score (nSPS) is 12.2. The Hall–Kier alpha value is -2.98. The van der Waals surface area contributed by atoms with Crippen LogP contribution in [0.3, 0.4) is 0 Å². The highest BCUT2D eigenvalue weighted by molar-refractivity contribution is 7.17. The average Bonchev–Trinajstić information content (AvgIpc) is 3.40. The number of fused-ring (bicyclic) bond motifs is 1. The fourth-order valence-corrected chi connectivity index (χ4v) is 4.50. The molecule has 0 saturated carbocycles. The first kappa shape index (κ1) is 18.4. The van der Waals surface area contributed by atoms with Crippen LogP contribution in [-0.2, 0) is 4.74 Å². The van der Waals surface area contributed by atoms with E-state index in [-0.39, 0.29) is 11.4 Å². The van der Waals surface area contributed by atoms with Gasteiger partial charge in [-0.25, -0.2) is 9.78 Å².